The monoisotopic (exact) mass is 174 g/mol. The third-order valence-electron chi connectivity index (χ3n) is 1.43. The second-order valence-corrected chi connectivity index (χ2v) is 2.82. The van der Waals surface area contributed by atoms with E-state index in [1.807, 2.05) is 6.92 Å². The summed E-state index contributed by atoms with van der Waals surface area (Å²) in [5.41, 5.74) is 5.26. The van der Waals surface area contributed by atoms with Crippen LogP contribution in [0.25, 0.3) is 0 Å². The molecule has 0 aromatic rings. The van der Waals surface area contributed by atoms with E-state index in [0.717, 1.165) is 6.42 Å². The van der Waals surface area contributed by atoms with E-state index in [0.29, 0.717) is 19.6 Å². The van der Waals surface area contributed by atoms with Crippen molar-refractivity contribution in [1.82, 2.24) is 5.32 Å². The molecule has 0 aromatic heterocycles. The van der Waals surface area contributed by atoms with Crippen LogP contribution in [0.2, 0.25) is 0 Å². The maximum Gasteiger partial charge on any atom is 0.220 e. The maximum atomic E-state index is 11.1. The summed E-state index contributed by atoms with van der Waals surface area (Å²) in [6, 6.07) is 0.0836. The third kappa shape index (κ3) is 6.12. The Labute approximate surface area is 73.5 Å². The second kappa shape index (κ2) is 7.06. The molecule has 72 valence electrons. The molecular formula is C8H18N2O2. The minimum atomic E-state index is 0.0463. The zero-order valence-corrected chi connectivity index (χ0v) is 7.80. The Morgan fingerprint density at radius 1 is 1.67 bits per heavy atom. The molecule has 0 bridgehead atoms. The molecule has 0 saturated carbocycles. The molecule has 0 spiro atoms. The van der Waals surface area contributed by atoms with Gasteiger partial charge in [0.1, 0.15) is 0 Å². The van der Waals surface area contributed by atoms with E-state index >= 15 is 0 Å². The van der Waals surface area contributed by atoms with Gasteiger partial charge in [-0.1, -0.05) is 0 Å². The van der Waals surface area contributed by atoms with E-state index in [4.69, 9.17) is 10.5 Å². The largest absolute Gasteiger partial charge is 0.383 e. The second-order valence-electron chi connectivity index (χ2n) is 2.82. The van der Waals surface area contributed by atoms with E-state index in [1.165, 1.54) is 0 Å². The van der Waals surface area contributed by atoms with Crippen molar-refractivity contribution in [2.24, 2.45) is 5.73 Å². The minimum Gasteiger partial charge on any atom is -0.383 e. The van der Waals surface area contributed by atoms with Gasteiger partial charge in [-0.15, -0.1) is 0 Å². The van der Waals surface area contributed by atoms with Crippen molar-refractivity contribution in [2.45, 2.75) is 25.8 Å². The van der Waals surface area contributed by atoms with Crippen molar-refractivity contribution >= 4 is 5.91 Å². The van der Waals surface area contributed by atoms with Gasteiger partial charge in [0.2, 0.25) is 5.91 Å². The Kier molecular flexibility index (Phi) is 6.70. The summed E-state index contributed by atoms with van der Waals surface area (Å²) in [5.74, 6) is 0.0463. The van der Waals surface area contributed by atoms with Crippen LogP contribution in [0.3, 0.4) is 0 Å². The molecule has 12 heavy (non-hydrogen) atoms. The lowest BCUT2D eigenvalue weighted by Crippen LogP contribution is -2.35. The third-order valence-corrected chi connectivity index (χ3v) is 1.43. The number of ether oxygens (including phenoxy) is 1. The van der Waals surface area contributed by atoms with Crippen LogP contribution >= 0.6 is 0 Å². The Balaban J connectivity index is 3.40. The number of hydrogen-bond acceptors (Lipinski definition) is 3. The van der Waals surface area contributed by atoms with Crippen molar-refractivity contribution in [3.05, 3.63) is 0 Å². The lowest BCUT2D eigenvalue weighted by atomic mass is 10.2. The predicted octanol–water partition coefficient (Wildman–Crippen LogP) is -0.124. The highest BCUT2D eigenvalue weighted by Gasteiger charge is 2.05. The highest BCUT2D eigenvalue weighted by atomic mass is 16.5. The number of methoxy groups -OCH3 is 1. The molecule has 4 nitrogen and oxygen atoms in total. The first-order valence-electron chi connectivity index (χ1n) is 4.19. The number of rotatable bonds is 6. The van der Waals surface area contributed by atoms with Gasteiger partial charge in [0.25, 0.3) is 0 Å². The van der Waals surface area contributed by atoms with Gasteiger partial charge in [-0.25, -0.2) is 0 Å². The first-order chi connectivity index (χ1) is 5.70. The molecule has 4 heteroatoms. The summed E-state index contributed by atoms with van der Waals surface area (Å²) in [7, 11) is 1.61. The Morgan fingerprint density at radius 3 is 2.83 bits per heavy atom. The van der Waals surface area contributed by atoms with Crippen LogP contribution in [0.4, 0.5) is 0 Å². The highest BCUT2D eigenvalue weighted by molar-refractivity contribution is 5.76. The molecule has 1 unspecified atom stereocenters. The van der Waals surface area contributed by atoms with Crippen LogP contribution in [0.1, 0.15) is 19.8 Å². The highest BCUT2D eigenvalue weighted by Crippen LogP contribution is 1.88. The van der Waals surface area contributed by atoms with Crippen molar-refractivity contribution in [3.63, 3.8) is 0 Å². The number of hydrogen-bond donors (Lipinski definition) is 2. The van der Waals surface area contributed by atoms with Crippen LogP contribution in [0.15, 0.2) is 0 Å². The minimum absolute atomic E-state index is 0.0463. The lowest BCUT2D eigenvalue weighted by Gasteiger charge is -2.11. The molecule has 0 aliphatic rings. The van der Waals surface area contributed by atoms with Gasteiger partial charge < -0.3 is 15.8 Å². The average molecular weight is 174 g/mol. The normalized spacial score (nSPS) is 12.6. The fourth-order valence-electron chi connectivity index (χ4n) is 0.901. The van der Waals surface area contributed by atoms with Crippen LogP contribution in [0.5, 0.6) is 0 Å². The SMILES string of the molecule is COCC(C)NC(=O)CCCN. The maximum absolute atomic E-state index is 11.1. The zero-order valence-electron chi connectivity index (χ0n) is 7.80. The molecule has 0 heterocycles. The fourth-order valence-corrected chi connectivity index (χ4v) is 0.901. The van der Waals surface area contributed by atoms with Crippen molar-refractivity contribution in [3.8, 4) is 0 Å². The van der Waals surface area contributed by atoms with Gasteiger partial charge in [-0.3, -0.25) is 4.79 Å². The van der Waals surface area contributed by atoms with Crippen molar-refractivity contribution in [2.75, 3.05) is 20.3 Å². The number of carbonyl (C=O) groups is 1. The van der Waals surface area contributed by atoms with Gasteiger partial charge in [0.05, 0.1) is 6.61 Å². The summed E-state index contributed by atoms with van der Waals surface area (Å²) >= 11 is 0. The standard InChI is InChI=1S/C8H18N2O2/c1-7(6-12-2)10-8(11)4-3-5-9/h7H,3-6,9H2,1-2H3,(H,10,11). The van der Waals surface area contributed by atoms with Crippen LogP contribution < -0.4 is 11.1 Å². The quantitative estimate of drug-likeness (QED) is 0.590. The van der Waals surface area contributed by atoms with Crippen molar-refractivity contribution in [1.29, 1.82) is 0 Å². The van der Waals surface area contributed by atoms with E-state index in [1.54, 1.807) is 7.11 Å². The molecule has 0 aromatic carbocycles. The Morgan fingerprint density at radius 2 is 2.33 bits per heavy atom. The zero-order chi connectivity index (χ0) is 9.40. The first-order valence-corrected chi connectivity index (χ1v) is 4.19. The molecule has 0 saturated heterocycles. The molecule has 0 rings (SSSR count). The lowest BCUT2D eigenvalue weighted by molar-refractivity contribution is -0.122. The van der Waals surface area contributed by atoms with Gasteiger partial charge in [-0.2, -0.15) is 0 Å². The van der Waals surface area contributed by atoms with Gasteiger partial charge in [-0.05, 0) is 19.9 Å². The molecular weight excluding hydrogens is 156 g/mol. The Hall–Kier alpha value is -0.610. The summed E-state index contributed by atoms with van der Waals surface area (Å²) < 4.78 is 4.87. The van der Waals surface area contributed by atoms with Gasteiger partial charge in [0, 0.05) is 19.6 Å². The number of nitrogens with one attached hydrogen (secondary N) is 1. The van der Waals surface area contributed by atoms with Crippen LogP contribution in [0, 0.1) is 0 Å². The average Bonchev–Trinajstić information content (AvgIpc) is 2.01. The predicted molar refractivity (Wildman–Crippen MR) is 47.8 cm³/mol. The van der Waals surface area contributed by atoms with E-state index in [9.17, 15) is 4.79 Å². The topological polar surface area (TPSA) is 64.3 Å². The number of nitrogens with two attached hydrogens (primary N) is 1. The summed E-state index contributed by atoms with van der Waals surface area (Å²) in [5, 5.41) is 2.80. The van der Waals surface area contributed by atoms with E-state index < -0.39 is 0 Å². The summed E-state index contributed by atoms with van der Waals surface area (Å²) in [6.45, 7) is 3.02. The van der Waals surface area contributed by atoms with E-state index in [2.05, 4.69) is 5.32 Å². The van der Waals surface area contributed by atoms with Crippen molar-refractivity contribution < 1.29 is 9.53 Å². The molecule has 0 radical (unpaired) electrons. The molecule has 0 aliphatic carbocycles. The number of carbonyl (C=O) groups excluding carboxylic acids is 1. The molecule has 1 amide bonds. The first kappa shape index (κ1) is 11.4. The summed E-state index contributed by atoms with van der Waals surface area (Å²) in [6.07, 6.45) is 1.25. The fraction of sp³-hybridized carbons (Fsp3) is 0.875. The van der Waals surface area contributed by atoms with Gasteiger partial charge in [0.15, 0.2) is 0 Å². The van der Waals surface area contributed by atoms with E-state index in [-0.39, 0.29) is 11.9 Å². The Bertz CT molecular complexity index is 128. The molecule has 1 atom stereocenters. The van der Waals surface area contributed by atoms with Crippen LogP contribution in [-0.4, -0.2) is 32.2 Å². The smallest absolute Gasteiger partial charge is 0.220 e. The molecule has 0 aliphatic heterocycles. The molecule has 0 fully saturated rings. The van der Waals surface area contributed by atoms with Crippen LogP contribution in [-0.2, 0) is 9.53 Å². The molecule has 3 N–H and O–H groups in total. The van der Waals surface area contributed by atoms with Gasteiger partial charge >= 0.3 is 0 Å². The summed E-state index contributed by atoms with van der Waals surface area (Å²) in [4.78, 5) is 11.1. The number of amides is 1.